The highest BCUT2D eigenvalue weighted by Gasteiger charge is 2.17. The van der Waals surface area contributed by atoms with Crippen LogP contribution in [0, 0.1) is 32.4 Å². The van der Waals surface area contributed by atoms with Gasteiger partial charge < -0.3 is 5.32 Å². The molecule has 22 heavy (non-hydrogen) atoms. The van der Waals surface area contributed by atoms with Gasteiger partial charge in [-0.3, -0.25) is 4.79 Å². The molecule has 0 aliphatic heterocycles. The monoisotopic (exact) mass is 303 g/mol. The van der Waals surface area contributed by atoms with E-state index in [4.69, 9.17) is 0 Å². The first-order valence-electron chi connectivity index (χ1n) is 7.13. The van der Waals surface area contributed by atoms with Gasteiger partial charge in [-0.25, -0.2) is 8.78 Å². The van der Waals surface area contributed by atoms with E-state index >= 15 is 0 Å². The maximum Gasteiger partial charge on any atom is 0.254 e. The number of aryl methyl sites for hydroxylation is 3. The molecule has 0 radical (unpaired) electrons. The molecule has 0 spiro atoms. The zero-order valence-corrected chi connectivity index (χ0v) is 13.1. The van der Waals surface area contributed by atoms with Gasteiger partial charge in [0.1, 0.15) is 11.6 Å². The lowest BCUT2D eigenvalue weighted by atomic mass is 9.96. The first-order chi connectivity index (χ1) is 10.3. The molecule has 2 rings (SSSR count). The average molecular weight is 303 g/mol. The minimum absolute atomic E-state index is 0.158. The average Bonchev–Trinajstić information content (AvgIpc) is 2.42. The molecule has 0 unspecified atom stereocenters. The van der Waals surface area contributed by atoms with Gasteiger partial charge in [0.2, 0.25) is 0 Å². The highest BCUT2D eigenvalue weighted by molar-refractivity contribution is 5.94. The van der Waals surface area contributed by atoms with Crippen molar-refractivity contribution in [1.29, 1.82) is 0 Å². The molecule has 0 saturated carbocycles. The van der Waals surface area contributed by atoms with Crippen molar-refractivity contribution in [1.82, 2.24) is 5.32 Å². The maximum absolute atomic E-state index is 13.6. The quantitative estimate of drug-likeness (QED) is 0.895. The molecule has 0 heterocycles. The third kappa shape index (κ3) is 3.32. The molecule has 2 aromatic rings. The molecule has 2 nitrogen and oxygen atoms in total. The Balaban J connectivity index is 2.23. The van der Waals surface area contributed by atoms with Gasteiger partial charge in [-0.15, -0.1) is 0 Å². The number of benzene rings is 2. The summed E-state index contributed by atoms with van der Waals surface area (Å²) in [6.45, 7) is 7.86. The van der Waals surface area contributed by atoms with Crippen LogP contribution in [0.4, 0.5) is 8.78 Å². The summed E-state index contributed by atoms with van der Waals surface area (Å²) < 4.78 is 26.6. The smallest absolute Gasteiger partial charge is 0.254 e. The summed E-state index contributed by atoms with van der Waals surface area (Å²) in [7, 11) is 0. The molecular weight excluding hydrogens is 284 g/mol. The first-order valence-corrected chi connectivity index (χ1v) is 7.13. The van der Waals surface area contributed by atoms with Crippen LogP contribution in [0.5, 0.6) is 0 Å². The van der Waals surface area contributed by atoms with Crippen molar-refractivity contribution in [2.24, 2.45) is 0 Å². The number of carbonyl (C=O) groups is 1. The zero-order chi connectivity index (χ0) is 16.4. The van der Waals surface area contributed by atoms with Crippen LogP contribution in [-0.2, 0) is 0 Å². The molecule has 1 amide bonds. The number of hydrogen-bond acceptors (Lipinski definition) is 1. The van der Waals surface area contributed by atoms with Crippen molar-refractivity contribution in [3.8, 4) is 0 Å². The van der Waals surface area contributed by atoms with E-state index in [0.717, 1.165) is 28.8 Å². The summed E-state index contributed by atoms with van der Waals surface area (Å²) in [5.74, 6) is -2.11. The highest BCUT2D eigenvalue weighted by Crippen LogP contribution is 2.22. The molecule has 0 bridgehead atoms. The number of halogens is 2. The molecule has 4 heteroatoms. The van der Waals surface area contributed by atoms with Gasteiger partial charge in [0.25, 0.3) is 5.91 Å². The molecule has 0 aliphatic rings. The van der Waals surface area contributed by atoms with Gasteiger partial charge in [-0.05, 0) is 62.1 Å². The van der Waals surface area contributed by atoms with Crippen molar-refractivity contribution in [2.75, 3.05) is 0 Å². The fourth-order valence-corrected chi connectivity index (χ4v) is 2.48. The van der Waals surface area contributed by atoms with E-state index in [1.165, 1.54) is 5.56 Å². The molecule has 0 saturated heterocycles. The lowest BCUT2D eigenvalue weighted by Crippen LogP contribution is -2.28. The van der Waals surface area contributed by atoms with Crippen molar-refractivity contribution >= 4 is 5.91 Å². The van der Waals surface area contributed by atoms with Gasteiger partial charge in [0.15, 0.2) is 0 Å². The van der Waals surface area contributed by atoms with Crippen LogP contribution in [0.3, 0.4) is 0 Å². The van der Waals surface area contributed by atoms with Crippen LogP contribution >= 0.6 is 0 Å². The number of hydrogen-bond donors (Lipinski definition) is 1. The number of amides is 1. The maximum atomic E-state index is 13.6. The normalized spacial score (nSPS) is 12.1. The van der Waals surface area contributed by atoms with E-state index in [0.29, 0.717) is 6.07 Å². The second kappa shape index (κ2) is 6.26. The van der Waals surface area contributed by atoms with E-state index in [-0.39, 0.29) is 11.6 Å². The van der Waals surface area contributed by atoms with Crippen LogP contribution < -0.4 is 5.32 Å². The Morgan fingerprint density at radius 1 is 1.00 bits per heavy atom. The molecule has 1 atom stereocenters. The summed E-state index contributed by atoms with van der Waals surface area (Å²) in [6, 6.07) is 6.75. The molecule has 116 valence electrons. The van der Waals surface area contributed by atoms with E-state index in [2.05, 4.69) is 11.4 Å². The third-order valence-electron chi connectivity index (χ3n) is 3.87. The van der Waals surface area contributed by atoms with Gasteiger partial charge >= 0.3 is 0 Å². The molecule has 0 fully saturated rings. The molecule has 0 aliphatic carbocycles. The van der Waals surface area contributed by atoms with E-state index in [9.17, 15) is 13.6 Å². The fraction of sp³-hybridized carbons (Fsp3) is 0.278. The van der Waals surface area contributed by atoms with Gasteiger partial charge in [-0.1, -0.05) is 12.1 Å². The topological polar surface area (TPSA) is 29.1 Å². The standard InChI is InChI=1S/C18H19F2NO/c1-10-7-12(3)16(8-11(10)2)13(4)21-18(22)15-6-5-14(19)9-17(15)20/h5-9,13H,1-4H3,(H,21,22)/t13-/m0/s1. The summed E-state index contributed by atoms with van der Waals surface area (Å²) in [4.78, 5) is 12.2. The van der Waals surface area contributed by atoms with Crippen LogP contribution in [0.15, 0.2) is 30.3 Å². The van der Waals surface area contributed by atoms with Crippen LogP contribution in [-0.4, -0.2) is 5.91 Å². The van der Waals surface area contributed by atoms with E-state index in [1.54, 1.807) is 0 Å². The highest BCUT2D eigenvalue weighted by atomic mass is 19.1. The number of carbonyl (C=O) groups excluding carboxylic acids is 1. The molecule has 2 aromatic carbocycles. The van der Waals surface area contributed by atoms with E-state index < -0.39 is 17.5 Å². The Hall–Kier alpha value is -2.23. The Labute approximate surface area is 129 Å². The van der Waals surface area contributed by atoms with Crippen LogP contribution in [0.25, 0.3) is 0 Å². The van der Waals surface area contributed by atoms with Crippen molar-refractivity contribution < 1.29 is 13.6 Å². The van der Waals surface area contributed by atoms with Gasteiger partial charge in [0, 0.05) is 6.07 Å². The second-order valence-electron chi connectivity index (χ2n) is 5.61. The Bertz CT molecular complexity index is 725. The van der Waals surface area contributed by atoms with Crippen LogP contribution in [0.1, 0.15) is 45.6 Å². The largest absolute Gasteiger partial charge is 0.345 e. The predicted octanol–water partition coefficient (Wildman–Crippen LogP) is 4.38. The Morgan fingerprint density at radius 2 is 1.64 bits per heavy atom. The lowest BCUT2D eigenvalue weighted by Gasteiger charge is -2.18. The molecule has 0 aromatic heterocycles. The minimum Gasteiger partial charge on any atom is -0.345 e. The Kier molecular flexibility index (Phi) is 4.59. The summed E-state index contributed by atoms with van der Waals surface area (Å²) in [6.07, 6.45) is 0. The Morgan fingerprint density at radius 3 is 2.27 bits per heavy atom. The van der Waals surface area contributed by atoms with Crippen LogP contribution in [0.2, 0.25) is 0 Å². The van der Waals surface area contributed by atoms with Crippen molar-refractivity contribution in [3.05, 3.63) is 69.8 Å². The third-order valence-corrected chi connectivity index (χ3v) is 3.87. The SMILES string of the molecule is Cc1cc(C)c([C@H](C)NC(=O)c2ccc(F)cc2F)cc1C. The zero-order valence-electron chi connectivity index (χ0n) is 13.1. The first kappa shape index (κ1) is 16.1. The van der Waals surface area contributed by atoms with Gasteiger partial charge in [-0.2, -0.15) is 0 Å². The summed E-state index contributed by atoms with van der Waals surface area (Å²) in [5.41, 5.74) is 4.21. The predicted molar refractivity (Wildman–Crippen MR) is 82.9 cm³/mol. The molecule has 1 N–H and O–H groups in total. The fourth-order valence-electron chi connectivity index (χ4n) is 2.48. The second-order valence-corrected chi connectivity index (χ2v) is 5.61. The van der Waals surface area contributed by atoms with E-state index in [1.807, 2.05) is 33.8 Å². The van der Waals surface area contributed by atoms with Crippen molar-refractivity contribution in [3.63, 3.8) is 0 Å². The number of rotatable bonds is 3. The summed E-state index contributed by atoms with van der Waals surface area (Å²) >= 11 is 0. The minimum atomic E-state index is -0.860. The van der Waals surface area contributed by atoms with Gasteiger partial charge in [0.05, 0.1) is 11.6 Å². The molecular formula is C18H19F2NO. The lowest BCUT2D eigenvalue weighted by molar-refractivity contribution is 0.0935. The summed E-state index contributed by atoms with van der Waals surface area (Å²) in [5, 5.41) is 2.76. The number of nitrogens with one attached hydrogen (secondary N) is 1. The van der Waals surface area contributed by atoms with Crippen molar-refractivity contribution in [2.45, 2.75) is 33.7 Å².